The van der Waals surface area contributed by atoms with Gasteiger partial charge in [0.05, 0.1) is 0 Å². The Morgan fingerprint density at radius 2 is 1.89 bits per heavy atom. The van der Waals surface area contributed by atoms with Crippen LogP contribution in [0, 0.1) is 19.8 Å². The number of benzene rings is 1. The zero-order valence-electron chi connectivity index (χ0n) is 12.7. The smallest absolute Gasteiger partial charge is 0.0233 e. The van der Waals surface area contributed by atoms with Gasteiger partial charge in [0, 0.05) is 6.54 Å². The van der Waals surface area contributed by atoms with E-state index in [1.165, 1.54) is 55.6 Å². The molecule has 0 bridgehead atoms. The molecule has 1 aliphatic rings. The van der Waals surface area contributed by atoms with E-state index in [0.717, 1.165) is 12.5 Å². The zero-order valence-corrected chi connectivity index (χ0v) is 12.7. The van der Waals surface area contributed by atoms with E-state index in [1.807, 2.05) is 0 Å². The van der Waals surface area contributed by atoms with Gasteiger partial charge in [-0.3, -0.25) is 4.90 Å². The van der Waals surface area contributed by atoms with Crippen LogP contribution in [0.5, 0.6) is 0 Å². The Morgan fingerprint density at radius 1 is 1.16 bits per heavy atom. The van der Waals surface area contributed by atoms with E-state index in [-0.39, 0.29) is 0 Å². The highest BCUT2D eigenvalue weighted by molar-refractivity contribution is 5.29. The molecular formula is C17H28N2. The standard InChI is InChI=1S/C17H28N2/c1-14-4-5-17(12-15(14)2)13-19-10-7-16(8-11-19)6-9-18-3/h4-5,12,16,18H,6-11,13H2,1-3H3. The normalized spacial score (nSPS) is 17.8. The van der Waals surface area contributed by atoms with Crippen molar-refractivity contribution in [2.45, 2.75) is 39.7 Å². The summed E-state index contributed by atoms with van der Waals surface area (Å²) in [5.74, 6) is 0.934. The summed E-state index contributed by atoms with van der Waals surface area (Å²) >= 11 is 0. The molecule has 0 amide bonds. The monoisotopic (exact) mass is 260 g/mol. The van der Waals surface area contributed by atoms with E-state index in [1.54, 1.807) is 0 Å². The quantitative estimate of drug-likeness (QED) is 0.875. The molecule has 1 N–H and O–H groups in total. The maximum atomic E-state index is 3.26. The van der Waals surface area contributed by atoms with Crippen LogP contribution < -0.4 is 5.32 Å². The van der Waals surface area contributed by atoms with Gasteiger partial charge >= 0.3 is 0 Å². The molecule has 0 aromatic heterocycles. The maximum Gasteiger partial charge on any atom is 0.0233 e. The Hall–Kier alpha value is -0.860. The van der Waals surface area contributed by atoms with Crippen LogP contribution in [0.3, 0.4) is 0 Å². The van der Waals surface area contributed by atoms with Gasteiger partial charge in [-0.2, -0.15) is 0 Å². The molecule has 0 saturated carbocycles. The average molecular weight is 260 g/mol. The van der Waals surface area contributed by atoms with E-state index in [0.29, 0.717) is 0 Å². The predicted octanol–water partition coefficient (Wildman–Crippen LogP) is 3.12. The molecule has 2 nitrogen and oxygen atoms in total. The summed E-state index contributed by atoms with van der Waals surface area (Å²) in [6.07, 6.45) is 4.08. The van der Waals surface area contributed by atoms with E-state index in [4.69, 9.17) is 0 Å². The van der Waals surface area contributed by atoms with E-state index < -0.39 is 0 Å². The van der Waals surface area contributed by atoms with Gasteiger partial charge in [0.25, 0.3) is 0 Å². The fourth-order valence-corrected chi connectivity index (χ4v) is 2.94. The molecule has 19 heavy (non-hydrogen) atoms. The van der Waals surface area contributed by atoms with Gasteiger partial charge in [0.1, 0.15) is 0 Å². The second-order valence-electron chi connectivity index (χ2n) is 6.03. The molecule has 2 heteroatoms. The molecule has 0 spiro atoms. The van der Waals surface area contributed by atoms with Crippen molar-refractivity contribution in [3.05, 3.63) is 34.9 Å². The molecule has 0 radical (unpaired) electrons. The van der Waals surface area contributed by atoms with Crippen LogP contribution in [0.2, 0.25) is 0 Å². The lowest BCUT2D eigenvalue weighted by atomic mass is 9.93. The predicted molar refractivity (Wildman–Crippen MR) is 82.5 cm³/mol. The summed E-state index contributed by atoms with van der Waals surface area (Å²) in [5.41, 5.74) is 4.28. The molecule has 106 valence electrons. The number of piperidine rings is 1. The van der Waals surface area contributed by atoms with Gasteiger partial charge in [0.2, 0.25) is 0 Å². The summed E-state index contributed by atoms with van der Waals surface area (Å²) in [4.78, 5) is 2.61. The Bertz CT molecular complexity index is 392. The maximum absolute atomic E-state index is 3.26. The van der Waals surface area contributed by atoms with Crippen LogP contribution in [0.4, 0.5) is 0 Å². The second kappa shape index (κ2) is 7.06. The number of nitrogens with zero attached hydrogens (tertiary/aromatic N) is 1. The molecular weight excluding hydrogens is 232 g/mol. The number of nitrogens with one attached hydrogen (secondary N) is 1. The lowest BCUT2D eigenvalue weighted by molar-refractivity contribution is 0.172. The summed E-state index contributed by atoms with van der Waals surface area (Å²) in [6.45, 7) is 9.22. The molecule has 1 aliphatic heterocycles. The minimum atomic E-state index is 0.934. The second-order valence-corrected chi connectivity index (χ2v) is 6.03. The highest BCUT2D eigenvalue weighted by Crippen LogP contribution is 2.22. The van der Waals surface area contributed by atoms with E-state index >= 15 is 0 Å². The summed E-state index contributed by atoms with van der Waals surface area (Å²) in [5, 5.41) is 3.26. The molecule has 1 aromatic rings. The van der Waals surface area contributed by atoms with Crippen molar-refractivity contribution in [3.63, 3.8) is 0 Å². The fourth-order valence-electron chi connectivity index (χ4n) is 2.94. The largest absolute Gasteiger partial charge is 0.320 e. The molecule has 1 heterocycles. The Morgan fingerprint density at radius 3 is 2.53 bits per heavy atom. The summed E-state index contributed by atoms with van der Waals surface area (Å²) in [6, 6.07) is 6.89. The highest BCUT2D eigenvalue weighted by atomic mass is 15.1. The summed E-state index contributed by atoms with van der Waals surface area (Å²) < 4.78 is 0. The van der Waals surface area contributed by atoms with Gasteiger partial charge in [-0.25, -0.2) is 0 Å². The number of likely N-dealkylation sites (tertiary alicyclic amines) is 1. The van der Waals surface area contributed by atoms with Crippen LogP contribution in [0.1, 0.15) is 36.0 Å². The van der Waals surface area contributed by atoms with Crippen LogP contribution in [0.25, 0.3) is 0 Å². The SMILES string of the molecule is CNCCC1CCN(Cc2ccc(C)c(C)c2)CC1. The molecule has 0 aliphatic carbocycles. The first kappa shape index (κ1) is 14.5. The Kier molecular flexibility index (Phi) is 5.41. The van der Waals surface area contributed by atoms with E-state index in [9.17, 15) is 0 Å². The van der Waals surface area contributed by atoms with Crippen LogP contribution in [-0.4, -0.2) is 31.6 Å². The molecule has 1 saturated heterocycles. The molecule has 1 aromatic carbocycles. The molecule has 0 atom stereocenters. The van der Waals surface area contributed by atoms with Crippen molar-refractivity contribution in [1.82, 2.24) is 10.2 Å². The number of rotatable bonds is 5. The van der Waals surface area contributed by atoms with E-state index in [2.05, 4.69) is 49.3 Å². The summed E-state index contributed by atoms with van der Waals surface area (Å²) in [7, 11) is 2.05. The van der Waals surface area contributed by atoms with Crippen LogP contribution >= 0.6 is 0 Å². The van der Waals surface area contributed by atoms with Crippen molar-refractivity contribution in [3.8, 4) is 0 Å². The topological polar surface area (TPSA) is 15.3 Å². The first-order chi connectivity index (χ1) is 9.19. The van der Waals surface area contributed by atoms with Crippen molar-refractivity contribution in [2.75, 3.05) is 26.7 Å². The van der Waals surface area contributed by atoms with Crippen molar-refractivity contribution >= 4 is 0 Å². The van der Waals surface area contributed by atoms with Crippen molar-refractivity contribution in [1.29, 1.82) is 0 Å². The van der Waals surface area contributed by atoms with Crippen LogP contribution in [0.15, 0.2) is 18.2 Å². The third-order valence-corrected chi connectivity index (χ3v) is 4.49. The number of aryl methyl sites for hydroxylation is 2. The first-order valence-electron chi connectivity index (χ1n) is 7.62. The third-order valence-electron chi connectivity index (χ3n) is 4.49. The molecule has 0 unspecified atom stereocenters. The van der Waals surface area contributed by atoms with Gasteiger partial charge in [-0.1, -0.05) is 18.2 Å². The van der Waals surface area contributed by atoms with Gasteiger partial charge in [-0.15, -0.1) is 0 Å². The minimum Gasteiger partial charge on any atom is -0.320 e. The molecule has 1 fully saturated rings. The van der Waals surface area contributed by atoms with Gasteiger partial charge in [0.15, 0.2) is 0 Å². The number of hydrogen-bond acceptors (Lipinski definition) is 2. The van der Waals surface area contributed by atoms with Crippen molar-refractivity contribution in [2.24, 2.45) is 5.92 Å². The highest BCUT2D eigenvalue weighted by Gasteiger charge is 2.18. The van der Waals surface area contributed by atoms with Crippen LogP contribution in [-0.2, 0) is 6.54 Å². The fraction of sp³-hybridized carbons (Fsp3) is 0.647. The van der Waals surface area contributed by atoms with Gasteiger partial charge < -0.3 is 5.32 Å². The lowest BCUT2D eigenvalue weighted by Gasteiger charge is -2.32. The van der Waals surface area contributed by atoms with Crippen molar-refractivity contribution < 1.29 is 0 Å². The zero-order chi connectivity index (χ0) is 13.7. The average Bonchev–Trinajstić information content (AvgIpc) is 2.42. The Labute approximate surface area is 118 Å². The lowest BCUT2D eigenvalue weighted by Crippen LogP contribution is -2.34. The molecule has 2 rings (SSSR count). The Balaban J connectivity index is 1.80. The third kappa shape index (κ3) is 4.32. The first-order valence-corrected chi connectivity index (χ1v) is 7.62. The van der Waals surface area contributed by atoms with Gasteiger partial charge in [-0.05, 0) is 82.4 Å². The minimum absolute atomic E-state index is 0.934. The number of hydrogen-bond donors (Lipinski definition) is 1.